The lowest BCUT2D eigenvalue weighted by atomic mass is 9.79. The van der Waals surface area contributed by atoms with Gasteiger partial charge in [0.15, 0.2) is 5.60 Å². The molecule has 1 aliphatic heterocycles. The van der Waals surface area contributed by atoms with Gasteiger partial charge in [0.25, 0.3) is 0 Å². The van der Waals surface area contributed by atoms with Crippen molar-refractivity contribution in [1.82, 2.24) is 4.90 Å². The van der Waals surface area contributed by atoms with Gasteiger partial charge in [-0.05, 0) is 36.3 Å². The lowest BCUT2D eigenvalue weighted by molar-refractivity contribution is -0.176. The second-order valence-electron chi connectivity index (χ2n) is 8.10. The molecule has 30 heavy (non-hydrogen) atoms. The predicted molar refractivity (Wildman–Crippen MR) is 114 cm³/mol. The highest BCUT2D eigenvalue weighted by atomic mass is 35.5. The molecule has 1 saturated heterocycles. The van der Waals surface area contributed by atoms with E-state index in [2.05, 4.69) is 6.58 Å². The van der Waals surface area contributed by atoms with Gasteiger partial charge in [-0.2, -0.15) is 0 Å². The third kappa shape index (κ3) is 5.19. The standard InChI is InChI=1S/C22H28F2N2O3.ClH/c1-2-16-3-5-18(6-4-16)22(28,19-7-10-21(23,24)13-19)20(27)29-14-17-8-11-26(15-25)12-9-17;/h2-6,15,17,19,25,28H,1,7-14H2;1H/t19-,22+;/m1./s1. The maximum absolute atomic E-state index is 13.9. The summed E-state index contributed by atoms with van der Waals surface area (Å²) in [6, 6.07) is 6.55. The molecule has 1 aromatic rings. The summed E-state index contributed by atoms with van der Waals surface area (Å²) in [6.07, 6.45) is 3.64. The number of nitrogens with zero attached hydrogens (tertiary/aromatic N) is 1. The van der Waals surface area contributed by atoms with E-state index in [9.17, 15) is 18.7 Å². The topological polar surface area (TPSA) is 73.6 Å². The molecule has 0 radical (unpaired) electrons. The van der Waals surface area contributed by atoms with Crippen LogP contribution in [-0.2, 0) is 15.1 Å². The fourth-order valence-corrected chi connectivity index (χ4v) is 4.25. The van der Waals surface area contributed by atoms with E-state index in [1.54, 1.807) is 30.3 Å². The number of ether oxygens (including phenoxy) is 1. The summed E-state index contributed by atoms with van der Waals surface area (Å²) in [5.74, 6) is -4.52. The van der Waals surface area contributed by atoms with Crippen LogP contribution in [0.1, 0.15) is 43.2 Å². The van der Waals surface area contributed by atoms with Crippen molar-refractivity contribution in [2.24, 2.45) is 11.8 Å². The Morgan fingerprint density at radius 1 is 1.30 bits per heavy atom. The second-order valence-corrected chi connectivity index (χ2v) is 8.10. The molecule has 0 bridgehead atoms. The van der Waals surface area contributed by atoms with Gasteiger partial charge in [0.05, 0.1) is 12.9 Å². The Bertz CT molecular complexity index is 751. The van der Waals surface area contributed by atoms with Crippen LogP contribution in [0.2, 0.25) is 0 Å². The number of esters is 1. The van der Waals surface area contributed by atoms with Gasteiger partial charge in [0, 0.05) is 31.8 Å². The molecular weight excluding hydrogens is 414 g/mol. The highest BCUT2D eigenvalue weighted by molar-refractivity contribution is 5.85. The maximum atomic E-state index is 13.9. The van der Waals surface area contributed by atoms with E-state index < -0.39 is 29.8 Å². The van der Waals surface area contributed by atoms with Crippen molar-refractivity contribution < 1.29 is 23.4 Å². The van der Waals surface area contributed by atoms with Crippen LogP contribution in [0.15, 0.2) is 30.8 Å². The van der Waals surface area contributed by atoms with Crippen LogP contribution < -0.4 is 0 Å². The number of likely N-dealkylation sites (tertiary alicyclic amines) is 1. The smallest absolute Gasteiger partial charge is 0.343 e. The molecule has 0 amide bonds. The number of carbonyl (C=O) groups is 1. The fourth-order valence-electron chi connectivity index (χ4n) is 4.25. The summed E-state index contributed by atoms with van der Waals surface area (Å²) in [7, 11) is 0. The largest absolute Gasteiger partial charge is 0.463 e. The third-order valence-corrected chi connectivity index (χ3v) is 6.17. The molecule has 2 aliphatic rings. The minimum Gasteiger partial charge on any atom is -0.463 e. The third-order valence-electron chi connectivity index (χ3n) is 6.17. The van der Waals surface area contributed by atoms with Gasteiger partial charge < -0.3 is 14.7 Å². The summed E-state index contributed by atoms with van der Waals surface area (Å²) in [5.41, 5.74) is -1.02. The van der Waals surface area contributed by atoms with Crippen molar-refractivity contribution >= 4 is 30.8 Å². The molecule has 3 rings (SSSR count). The summed E-state index contributed by atoms with van der Waals surface area (Å²) >= 11 is 0. The van der Waals surface area contributed by atoms with Crippen molar-refractivity contribution in [3.63, 3.8) is 0 Å². The van der Waals surface area contributed by atoms with Crippen LogP contribution in [0.3, 0.4) is 0 Å². The van der Waals surface area contributed by atoms with Crippen molar-refractivity contribution in [3.8, 4) is 0 Å². The van der Waals surface area contributed by atoms with E-state index in [4.69, 9.17) is 10.1 Å². The van der Waals surface area contributed by atoms with Crippen molar-refractivity contribution in [2.75, 3.05) is 19.7 Å². The molecule has 0 aromatic heterocycles. The van der Waals surface area contributed by atoms with Crippen LogP contribution >= 0.6 is 12.4 Å². The van der Waals surface area contributed by atoms with Gasteiger partial charge in [-0.15, -0.1) is 12.4 Å². The lowest BCUT2D eigenvalue weighted by Crippen LogP contribution is -2.45. The number of alkyl halides is 2. The van der Waals surface area contributed by atoms with E-state index in [1.165, 1.54) is 6.34 Å². The molecular formula is C22H29ClF2N2O3. The zero-order chi connectivity index (χ0) is 21.1. The van der Waals surface area contributed by atoms with Crippen molar-refractivity contribution in [3.05, 3.63) is 42.0 Å². The number of halogens is 3. The van der Waals surface area contributed by atoms with Crippen LogP contribution in [0.25, 0.3) is 6.08 Å². The summed E-state index contributed by atoms with van der Waals surface area (Å²) in [5, 5.41) is 18.7. The van der Waals surface area contributed by atoms with Crippen LogP contribution in [0.5, 0.6) is 0 Å². The molecule has 2 N–H and O–H groups in total. The van der Waals surface area contributed by atoms with E-state index >= 15 is 0 Å². The summed E-state index contributed by atoms with van der Waals surface area (Å²) < 4.78 is 33.2. The number of hydrogen-bond donors (Lipinski definition) is 2. The molecule has 5 nitrogen and oxygen atoms in total. The second kappa shape index (κ2) is 9.88. The lowest BCUT2D eigenvalue weighted by Gasteiger charge is -2.34. The van der Waals surface area contributed by atoms with Gasteiger partial charge in [-0.1, -0.05) is 36.9 Å². The highest BCUT2D eigenvalue weighted by Crippen LogP contribution is 2.48. The average molecular weight is 443 g/mol. The molecule has 2 fully saturated rings. The molecule has 1 aromatic carbocycles. The Kier molecular flexibility index (Phi) is 7.99. The number of nitrogens with one attached hydrogen (secondary N) is 1. The van der Waals surface area contributed by atoms with Gasteiger partial charge in [-0.25, -0.2) is 13.6 Å². The van der Waals surface area contributed by atoms with E-state index in [0.717, 1.165) is 18.4 Å². The number of rotatable bonds is 7. The first kappa shape index (κ1) is 24.3. The van der Waals surface area contributed by atoms with Gasteiger partial charge >= 0.3 is 5.97 Å². The molecule has 0 spiro atoms. The summed E-state index contributed by atoms with van der Waals surface area (Å²) in [4.78, 5) is 14.9. The molecule has 1 aliphatic carbocycles. The normalized spacial score (nSPS) is 23.2. The minimum atomic E-state index is -2.89. The highest BCUT2D eigenvalue weighted by Gasteiger charge is 2.54. The first-order chi connectivity index (χ1) is 13.8. The van der Waals surface area contributed by atoms with Gasteiger partial charge in [-0.3, -0.25) is 5.41 Å². The van der Waals surface area contributed by atoms with Crippen LogP contribution in [0, 0.1) is 17.2 Å². The summed E-state index contributed by atoms with van der Waals surface area (Å²) in [6.45, 7) is 5.25. The van der Waals surface area contributed by atoms with E-state index in [0.29, 0.717) is 13.1 Å². The average Bonchev–Trinajstić information content (AvgIpc) is 3.11. The number of piperidine rings is 1. The Balaban J connectivity index is 0.00000320. The van der Waals surface area contributed by atoms with Crippen LogP contribution in [-0.4, -0.2) is 47.9 Å². The fraction of sp³-hybridized carbons (Fsp3) is 0.545. The van der Waals surface area contributed by atoms with Gasteiger partial charge in [0.1, 0.15) is 0 Å². The van der Waals surface area contributed by atoms with Crippen molar-refractivity contribution in [2.45, 2.75) is 43.6 Å². The minimum absolute atomic E-state index is 0. The number of aliphatic hydroxyl groups is 1. The zero-order valence-electron chi connectivity index (χ0n) is 16.9. The quantitative estimate of drug-likeness (QED) is 0.376. The zero-order valence-corrected chi connectivity index (χ0v) is 17.7. The molecule has 166 valence electrons. The number of hydrogen-bond acceptors (Lipinski definition) is 4. The first-order valence-corrected chi connectivity index (χ1v) is 10.0. The molecule has 0 unspecified atom stereocenters. The van der Waals surface area contributed by atoms with E-state index in [-0.39, 0.29) is 43.3 Å². The monoisotopic (exact) mass is 442 g/mol. The first-order valence-electron chi connectivity index (χ1n) is 10.0. The Labute approximate surface area is 182 Å². The van der Waals surface area contributed by atoms with E-state index in [1.807, 2.05) is 4.90 Å². The Hall–Kier alpha value is -1.99. The predicted octanol–water partition coefficient (Wildman–Crippen LogP) is 4.24. The Morgan fingerprint density at radius 3 is 2.43 bits per heavy atom. The van der Waals surface area contributed by atoms with Crippen molar-refractivity contribution in [1.29, 1.82) is 5.41 Å². The molecule has 8 heteroatoms. The molecule has 1 heterocycles. The number of carbonyl (C=O) groups excluding carboxylic acids is 1. The molecule has 2 atom stereocenters. The maximum Gasteiger partial charge on any atom is 0.343 e. The number of benzene rings is 1. The Morgan fingerprint density at radius 2 is 1.93 bits per heavy atom. The van der Waals surface area contributed by atoms with Gasteiger partial charge in [0.2, 0.25) is 5.92 Å². The SMILES string of the molecule is C=Cc1ccc([C@@](O)(C(=O)OCC2CCN(C=N)CC2)[C@@H]2CCC(F)(F)C2)cc1.Cl. The molecule has 1 saturated carbocycles. The van der Waals surface area contributed by atoms with Crippen LogP contribution in [0.4, 0.5) is 8.78 Å².